The Labute approximate surface area is 168 Å². The summed E-state index contributed by atoms with van der Waals surface area (Å²) in [5.74, 6) is -5.51. The number of rotatable bonds is 3. The van der Waals surface area contributed by atoms with Crippen LogP contribution in [-0.4, -0.2) is 64.3 Å². The smallest absolute Gasteiger partial charge is 0.338 e. The van der Waals surface area contributed by atoms with Gasteiger partial charge in [0.25, 0.3) is 0 Å². The molecule has 0 aromatic heterocycles. The molecule has 10 nitrogen and oxygen atoms in total. The first-order chi connectivity index (χ1) is 13.2. The van der Waals surface area contributed by atoms with Crippen molar-refractivity contribution >= 4 is 47.1 Å². The molecule has 0 fully saturated rings. The van der Waals surface area contributed by atoms with Crippen LogP contribution in [0.5, 0.6) is 11.5 Å². The number of esters is 1. The summed E-state index contributed by atoms with van der Waals surface area (Å²) in [4.78, 5) is 47.5. The van der Waals surface area contributed by atoms with Gasteiger partial charge in [0.2, 0.25) is 11.8 Å². The molecule has 0 radical (unpaired) electrons. The number of fused-ring (bicyclic) bond motifs is 1. The molecule has 0 saturated carbocycles. The minimum Gasteiger partial charge on any atom is -0.548 e. The average molecular weight is 432 g/mol. The van der Waals surface area contributed by atoms with E-state index in [4.69, 9.17) is 16.3 Å². The predicted octanol–water partition coefficient (Wildman–Crippen LogP) is -1.54. The highest BCUT2D eigenvalue weighted by atomic mass is 35.5. The number of phenols is 2. The molecule has 12 heteroatoms. The first kappa shape index (κ1) is 21.6. The maximum atomic E-state index is 12.4. The number of aliphatic carboxylic acids is 1. The number of nitrogens with one attached hydrogen (secondary N) is 2. The van der Waals surface area contributed by atoms with Crippen LogP contribution in [0.4, 0.5) is 0 Å². The summed E-state index contributed by atoms with van der Waals surface area (Å²) in [6.45, 7) is -0.629. The van der Waals surface area contributed by atoms with Gasteiger partial charge in [-0.25, -0.2) is 4.79 Å². The van der Waals surface area contributed by atoms with Crippen LogP contribution >= 0.6 is 23.4 Å². The molecule has 1 aromatic carbocycles. The Bertz CT molecular complexity index is 803. The fourth-order valence-electron chi connectivity index (χ4n) is 2.35. The van der Waals surface area contributed by atoms with Crippen LogP contribution in [0, 0.1) is 0 Å². The highest BCUT2D eigenvalue weighted by Crippen LogP contribution is 2.31. The number of amides is 2. The van der Waals surface area contributed by atoms with Gasteiger partial charge < -0.3 is 35.5 Å². The van der Waals surface area contributed by atoms with E-state index in [2.05, 4.69) is 10.6 Å². The molecule has 0 spiro atoms. The van der Waals surface area contributed by atoms with Crippen molar-refractivity contribution in [3.8, 4) is 11.5 Å². The van der Waals surface area contributed by atoms with Crippen LogP contribution in [0.3, 0.4) is 0 Å². The topological polar surface area (TPSA) is 165 Å². The number of thioether (sulfide) groups is 1. The number of carboxylic acids is 1. The van der Waals surface area contributed by atoms with Crippen molar-refractivity contribution in [2.45, 2.75) is 17.8 Å². The van der Waals surface area contributed by atoms with Gasteiger partial charge in [0.05, 0.1) is 17.6 Å². The summed E-state index contributed by atoms with van der Waals surface area (Å²) in [6, 6.07) is -0.701. The van der Waals surface area contributed by atoms with Crippen LogP contribution in [0.2, 0.25) is 0 Å². The number of carbonyl (C=O) groups is 4. The number of carboxylic acid groups (broad SMARTS) is 1. The zero-order valence-corrected chi connectivity index (χ0v) is 15.8. The Kier molecular flexibility index (Phi) is 7.35. The molecule has 2 amide bonds. The average Bonchev–Trinajstić information content (AvgIpc) is 2.63. The highest BCUT2D eigenvalue weighted by molar-refractivity contribution is 7.98. The van der Waals surface area contributed by atoms with E-state index in [0.717, 1.165) is 23.9 Å². The molecule has 0 bridgehead atoms. The van der Waals surface area contributed by atoms with Crippen molar-refractivity contribution in [1.82, 2.24) is 10.6 Å². The van der Waals surface area contributed by atoms with E-state index in [1.165, 1.54) is 0 Å². The SMILES string of the molecule is O=C(CCl)N[C@H]1COC(=O)c2cc(O)cc(O)c2CSC[C@@H](C(=O)[O-])NC1=O. The number of cyclic esters (lactones) is 1. The van der Waals surface area contributed by atoms with Gasteiger partial charge in [-0.2, -0.15) is 11.8 Å². The third-order valence-electron chi connectivity index (χ3n) is 3.72. The van der Waals surface area contributed by atoms with Crippen molar-refractivity contribution in [1.29, 1.82) is 0 Å². The van der Waals surface area contributed by atoms with Gasteiger partial charge in [0.15, 0.2) is 0 Å². The highest BCUT2D eigenvalue weighted by Gasteiger charge is 2.28. The number of halogens is 1. The molecule has 0 aliphatic carbocycles. The van der Waals surface area contributed by atoms with Gasteiger partial charge in [0, 0.05) is 23.1 Å². The quantitative estimate of drug-likeness (QED) is 0.327. The Morgan fingerprint density at radius 2 is 2.07 bits per heavy atom. The largest absolute Gasteiger partial charge is 0.548 e. The normalized spacial score (nSPS) is 20.6. The van der Waals surface area contributed by atoms with Gasteiger partial charge in [-0.05, 0) is 6.07 Å². The van der Waals surface area contributed by atoms with Crippen molar-refractivity contribution < 1.29 is 39.2 Å². The summed E-state index contributed by atoms with van der Waals surface area (Å²) >= 11 is 6.39. The summed E-state index contributed by atoms with van der Waals surface area (Å²) in [5, 5.41) is 35.4. The van der Waals surface area contributed by atoms with Crippen LogP contribution in [0.15, 0.2) is 12.1 Å². The zero-order valence-electron chi connectivity index (χ0n) is 14.3. The van der Waals surface area contributed by atoms with Crippen molar-refractivity contribution in [2.24, 2.45) is 0 Å². The molecule has 0 saturated heterocycles. The van der Waals surface area contributed by atoms with Crippen molar-refractivity contribution in [2.75, 3.05) is 18.2 Å². The number of aromatic hydroxyl groups is 2. The zero-order chi connectivity index (χ0) is 20.8. The fraction of sp³-hybridized carbons (Fsp3) is 0.375. The van der Waals surface area contributed by atoms with Gasteiger partial charge in [-0.3, -0.25) is 9.59 Å². The summed E-state index contributed by atoms with van der Waals surface area (Å²) in [5.41, 5.74) is -0.0310. The van der Waals surface area contributed by atoms with E-state index >= 15 is 0 Å². The molecule has 0 unspecified atom stereocenters. The summed E-state index contributed by atoms with van der Waals surface area (Å²) in [7, 11) is 0. The van der Waals surface area contributed by atoms with Gasteiger partial charge in [0.1, 0.15) is 30.0 Å². The van der Waals surface area contributed by atoms with Gasteiger partial charge in [-0.1, -0.05) is 0 Å². The predicted molar refractivity (Wildman–Crippen MR) is 95.8 cm³/mol. The Hall–Kier alpha value is -2.66. The first-order valence-electron chi connectivity index (χ1n) is 7.89. The van der Waals surface area contributed by atoms with Crippen molar-refractivity contribution in [3.05, 3.63) is 23.3 Å². The molecule has 4 N–H and O–H groups in total. The lowest BCUT2D eigenvalue weighted by atomic mass is 10.1. The van der Waals surface area contributed by atoms with E-state index in [1.807, 2.05) is 0 Å². The standard InChI is InChI=1S/C16H17ClN2O8S/c17-3-13(22)18-10-4-27-16(26)8-1-7(20)2-12(21)9(8)5-28-6-11(15(24)25)19-14(10)23/h1-2,10-11,20-21H,3-6H2,(H,18,22)(H,19,23)(H,24,25)/p-1/t10-,11-/m0/s1. The summed E-state index contributed by atoms with van der Waals surface area (Å²) < 4.78 is 5.02. The Balaban J connectivity index is 2.38. The number of ether oxygens (including phenoxy) is 1. The lowest BCUT2D eigenvalue weighted by Gasteiger charge is -2.25. The molecule has 2 atom stereocenters. The maximum absolute atomic E-state index is 12.4. The minimum absolute atomic E-state index is 0.00259. The molecule has 1 heterocycles. The summed E-state index contributed by atoms with van der Waals surface area (Å²) in [6.07, 6.45) is 0. The maximum Gasteiger partial charge on any atom is 0.338 e. The molecule has 1 aliphatic heterocycles. The second-order valence-corrected chi connectivity index (χ2v) is 7.04. The number of benzene rings is 1. The van der Waals surface area contributed by atoms with Gasteiger partial charge in [-0.15, -0.1) is 11.6 Å². The van der Waals surface area contributed by atoms with Crippen LogP contribution in [-0.2, 0) is 24.9 Å². The lowest BCUT2D eigenvalue weighted by molar-refractivity contribution is -0.307. The minimum atomic E-state index is -1.55. The van der Waals surface area contributed by atoms with E-state index in [1.54, 1.807) is 0 Å². The molecule has 152 valence electrons. The Morgan fingerprint density at radius 1 is 1.36 bits per heavy atom. The third kappa shape index (κ3) is 5.42. The molecule has 28 heavy (non-hydrogen) atoms. The van der Waals surface area contributed by atoms with Crippen molar-refractivity contribution in [3.63, 3.8) is 0 Å². The van der Waals surface area contributed by atoms with Crippen LogP contribution < -0.4 is 15.7 Å². The van der Waals surface area contributed by atoms with E-state index in [-0.39, 0.29) is 34.1 Å². The molecular formula is C16H16ClN2O8S-. The molecule has 1 aliphatic rings. The second-order valence-electron chi connectivity index (χ2n) is 5.74. The fourth-order valence-corrected chi connectivity index (χ4v) is 3.51. The Morgan fingerprint density at radius 3 is 2.71 bits per heavy atom. The van der Waals surface area contributed by atoms with Crippen LogP contribution in [0.25, 0.3) is 0 Å². The molecular weight excluding hydrogens is 416 g/mol. The molecule has 2 rings (SSSR count). The van der Waals surface area contributed by atoms with E-state index in [0.29, 0.717) is 0 Å². The van der Waals surface area contributed by atoms with Gasteiger partial charge >= 0.3 is 5.97 Å². The van der Waals surface area contributed by atoms with E-state index in [9.17, 15) is 34.5 Å². The second kappa shape index (κ2) is 9.51. The number of alkyl halides is 1. The third-order valence-corrected chi connectivity index (χ3v) is 5.02. The number of hydrogen-bond acceptors (Lipinski definition) is 9. The first-order valence-corrected chi connectivity index (χ1v) is 9.58. The number of carbonyl (C=O) groups excluding carboxylic acids is 4. The number of hydrogen-bond donors (Lipinski definition) is 4. The van der Waals surface area contributed by atoms with E-state index < -0.39 is 48.3 Å². The lowest BCUT2D eigenvalue weighted by Crippen LogP contribution is -2.57. The monoisotopic (exact) mass is 431 g/mol. The number of phenolic OH excluding ortho intramolecular Hbond substituents is 2. The molecule has 1 aromatic rings. The van der Waals surface area contributed by atoms with Crippen LogP contribution in [0.1, 0.15) is 15.9 Å².